The highest BCUT2D eigenvalue weighted by Crippen LogP contribution is 2.33. The number of hydrogen-bond acceptors (Lipinski definition) is 6. The number of carbonyl (C=O) groups is 4. The van der Waals surface area contributed by atoms with Gasteiger partial charge in [-0.2, -0.15) is 22.0 Å². The fraction of sp³-hybridized carbons (Fsp3) is 0.385. The molecular weight excluding hydrogens is 581 g/mol. The number of amides is 3. The predicted molar refractivity (Wildman–Crippen MR) is 136 cm³/mol. The average molecular weight is 608 g/mol. The number of aliphatic hydroxyl groups is 1. The summed E-state index contributed by atoms with van der Waals surface area (Å²) in [6, 6.07) is 3.97. The van der Waals surface area contributed by atoms with E-state index < -0.39 is 76.8 Å². The first-order valence-electron chi connectivity index (χ1n) is 11.9. The normalized spacial score (nSPS) is 14.0. The standard InChI is InChI=1S/C26H27ClF5N3O6/c1-13(2)19(21(37)26(30,31)32)34-23(39)20(14-8-10-15(41-3)11-9-14)35-22(38)18(12-36)33-24(40)25(28,29)16-6-4-5-7-17(16)27/h4-11,13,18-20,36H,12H2,1-3H3,(H,33,40)(H,34,39)(H,35,38)/t18-,19-,20-/m0/s1. The molecule has 4 N–H and O–H groups in total. The average Bonchev–Trinajstić information content (AvgIpc) is 2.91. The van der Waals surface area contributed by atoms with E-state index in [-0.39, 0.29) is 5.56 Å². The summed E-state index contributed by atoms with van der Waals surface area (Å²) in [5.41, 5.74) is -0.885. The van der Waals surface area contributed by atoms with Gasteiger partial charge in [0.15, 0.2) is 0 Å². The summed E-state index contributed by atoms with van der Waals surface area (Å²) in [4.78, 5) is 50.4. The first kappa shape index (κ1) is 33.4. The Bertz CT molecular complexity index is 1260. The minimum absolute atomic E-state index is 0.0111. The van der Waals surface area contributed by atoms with Crippen LogP contribution in [-0.4, -0.2) is 60.6 Å². The lowest BCUT2D eigenvalue weighted by atomic mass is 9.97. The number of methoxy groups -OCH3 is 1. The summed E-state index contributed by atoms with van der Waals surface area (Å²) < 4.78 is 73.9. The van der Waals surface area contributed by atoms with Gasteiger partial charge >= 0.3 is 12.1 Å². The zero-order valence-electron chi connectivity index (χ0n) is 21.9. The highest BCUT2D eigenvalue weighted by molar-refractivity contribution is 6.31. The molecule has 0 aliphatic carbocycles. The summed E-state index contributed by atoms with van der Waals surface area (Å²) in [6.45, 7) is 1.31. The Balaban J connectivity index is 2.35. The number of aliphatic hydroxyl groups excluding tert-OH is 1. The van der Waals surface area contributed by atoms with E-state index in [9.17, 15) is 46.2 Å². The maximum absolute atomic E-state index is 14.8. The molecule has 9 nitrogen and oxygen atoms in total. The summed E-state index contributed by atoms with van der Waals surface area (Å²) in [5.74, 6) is -11.8. The van der Waals surface area contributed by atoms with Crippen LogP contribution >= 0.6 is 11.6 Å². The topological polar surface area (TPSA) is 134 Å². The minimum atomic E-state index is -5.28. The van der Waals surface area contributed by atoms with Crippen molar-refractivity contribution in [3.8, 4) is 5.75 Å². The molecule has 0 heterocycles. The van der Waals surface area contributed by atoms with Gasteiger partial charge in [0.2, 0.25) is 11.8 Å². The molecule has 0 saturated carbocycles. The van der Waals surface area contributed by atoms with Crippen molar-refractivity contribution in [1.82, 2.24) is 16.0 Å². The van der Waals surface area contributed by atoms with E-state index in [2.05, 4.69) is 5.32 Å². The van der Waals surface area contributed by atoms with Crippen molar-refractivity contribution in [3.63, 3.8) is 0 Å². The Morgan fingerprint density at radius 2 is 1.49 bits per heavy atom. The third-order valence-corrected chi connectivity index (χ3v) is 6.16. The molecule has 0 fully saturated rings. The van der Waals surface area contributed by atoms with Crippen molar-refractivity contribution in [2.45, 2.75) is 44.1 Å². The third kappa shape index (κ3) is 8.36. The summed E-state index contributed by atoms with van der Waals surface area (Å²) in [6.07, 6.45) is -5.28. The smallest absolute Gasteiger partial charge is 0.452 e. The van der Waals surface area contributed by atoms with E-state index in [0.717, 1.165) is 12.1 Å². The molecule has 41 heavy (non-hydrogen) atoms. The molecule has 3 atom stereocenters. The molecule has 0 aliphatic heterocycles. The highest BCUT2D eigenvalue weighted by atomic mass is 35.5. The predicted octanol–water partition coefficient (Wildman–Crippen LogP) is 3.05. The van der Waals surface area contributed by atoms with Gasteiger partial charge in [-0.05, 0) is 29.7 Å². The van der Waals surface area contributed by atoms with Crippen molar-refractivity contribution in [2.75, 3.05) is 13.7 Å². The molecule has 224 valence electrons. The fourth-order valence-electron chi connectivity index (χ4n) is 3.57. The number of carbonyl (C=O) groups excluding carboxylic acids is 4. The van der Waals surface area contributed by atoms with Gasteiger partial charge < -0.3 is 25.8 Å². The maximum atomic E-state index is 14.8. The molecule has 0 spiro atoms. The number of nitrogens with one attached hydrogen (secondary N) is 3. The van der Waals surface area contributed by atoms with Gasteiger partial charge in [-0.25, -0.2) is 0 Å². The van der Waals surface area contributed by atoms with E-state index in [1.54, 1.807) is 5.32 Å². The fourth-order valence-corrected chi connectivity index (χ4v) is 3.82. The van der Waals surface area contributed by atoms with Crippen LogP contribution in [0.5, 0.6) is 5.75 Å². The van der Waals surface area contributed by atoms with Crippen LogP contribution in [0.1, 0.15) is 31.0 Å². The zero-order valence-corrected chi connectivity index (χ0v) is 22.6. The van der Waals surface area contributed by atoms with Gasteiger partial charge in [-0.1, -0.05) is 55.8 Å². The van der Waals surface area contributed by atoms with Crippen LogP contribution in [0.15, 0.2) is 48.5 Å². The van der Waals surface area contributed by atoms with Gasteiger partial charge in [-0.15, -0.1) is 0 Å². The van der Waals surface area contributed by atoms with Crippen LogP contribution in [0, 0.1) is 5.92 Å². The molecule has 3 amide bonds. The van der Waals surface area contributed by atoms with Crippen molar-refractivity contribution in [1.29, 1.82) is 0 Å². The van der Waals surface area contributed by atoms with Crippen LogP contribution in [-0.2, 0) is 25.1 Å². The molecular formula is C26H27ClF5N3O6. The van der Waals surface area contributed by atoms with Gasteiger partial charge in [0, 0.05) is 5.56 Å². The van der Waals surface area contributed by atoms with Gasteiger partial charge in [0.25, 0.3) is 11.7 Å². The molecule has 2 aromatic rings. The lowest BCUT2D eigenvalue weighted by Gasteiger charge is -2.27. The summed E-state index contributed by atoms with van der Waals surface area (Å²) >= 11 is 5.76. The molecule has 0 aliphatic rings. The van der Waals surface area contributed by atoms with Crippen LogP contribution in [0.25, 0.3) is 0 Å². The Hall–Kier alpha value is -3.78. The van der Waals surface area contributed by atoms with E-state index in [0.29, 0.717) is 5.75 Å². The number of Topliss-reactive ketones (excluding diaryl/α,β-unsaturated/α-hetero) is 1. The SMILES string of the molecule is COc1ccc([C@H](NC(=O)[C@H](CO)NC(=O)C(F)(F)c2ccccc2Cl)C(=O)N[C@H](C(=O)C(F)(F)F)C(C)C)cc1. The Morgan fingerprint density at radius 1 is 0.902 bits per heavy atom. The molecule has 2 aromatic carbocycles. The zero-order chi connectivity index (χ0) is 31.1. The van der Waals surface area contributed by atoms with Crippen molar-refractivity contribution >= 4 is 35.1 Å². The summed E-state index contributed by atoms with van der Waals surface area (Å²) in [7, 11) is 1.34. The van der Waals surface area contributed by atoms with E-state index in [1.807, 2.05) is 5.32 Å². The molecule has 15 heteroatoms. The number of ketones is 1. The number of hydrogen-bond donors (Lipinski definition) is 4. The molecule has 0 saturated heterocycles. The second-order valence-electron chi connectivity index (χ2n) is 9.07. The van der Waals surface area contributed by atoms with E-state index >= 15 is 0 Å². The van der Waals surface area contributed by atoms with Gasteiger partial charge in [0.05, 0.1) is 24.8 Å². The molecule has 0 unspecified atom stereocenters. The van der Waals surface area contributed by atoms with Crippen molar-refractivity contribution < 1.29 is 51.0 Å². The van der Waals surface area contributed by atoms with Crippen LogP contribution < -0.4 is 20.7 Å². The Kier molecular flexibility index (Phi) is 11.2. The lowest BCUT2D eigenvalue weighted by molar-refractivity contribution is -0.175. The quantitative estimate of drug-likeness (QED) is 0.274. The highest BCUT2D eigenvalue weighted by Gasteiger charge is 2.46. The largest absolute Gasteiger partial charge is 0.497 e. The minimum Gasteiger partial charge on any atom is -0.497 e. The lowest BCUT2D eigenvalue weighted by Crippen LogP contribution is -2.56. The first-order valence-corrected chi connectivity index (χ1v) is 12.3. The number of alkyl halides is 5. The van der Waals surface area contributed by atoms with Crippen molar-refractivity contribution in [3.05, 3.63) is 64.7 Å². The van der Waals surface area contributed by atoms with Crippen LogP contribution in [0.4, 0.5) is 22.0 Å². The maximum Gasteiger partial charge on any atom is 0.452 e. The Labute approximate surface area is 236 Å². The van der Waals surface area contributed by atoms with E-state index in [4.69, 9.17) is 16.3 Å². The first-order chi connectivity index (χ1) is 19.0. The third-order valence-electron chi connectivity index (χ3n) is 5.83. The van der Waals surface area contributed by atoms with Crippen LogP contribution in [0.2, 0.25) is 5.02 Å². The number of halogens is 6. The number of ether oxygens (including phenoxy) is 1. The second kappa shape index (κ2) is 13.7. The number of rotatable bonds is 12. The molecule has 0 aromatic heterocycles. The second-order valence-corrected chi connectivity index (χ2v) is 9.48. The molecule has 2 rings (SSSR count). The molecule has 0 bridgehead atoms. The monoisotopic (exact) mass is 607 g/mol. The van der Waals surface area contributed by atoms with Gasteiger partial charge in [0.1, 0.15) is 17.8 Å². The van der Waals surface area contributed by atoms with E-state index in [1.165, 1.54) is 57.4 Å². The summed E-state index contributed by atoms with van der Waals surface area (Å²) in [5, 5.41) is 15.0. The Morgan fingerprint density at radius 3 is 1.98 bits per heavy atom. The molecule has 0 radical (unpaired) electrons. The van der Waals surface area contributed by atoms with Crippen molar-refractivity contribution in [2.24, 2.45) is 5.92 Å². The number of benzene rings is 2. The van der Waals surface area contributed by atoms with Gasteiger partial charge in [-0.3, -0.25) is 19.2 Å². The van der Waals surface area contributed by atoms with Crippen LogP contribution in [0.3, 0.4) is 0 Å².